The quantitative estimate of drug-likeness (QED) is 0.346. The van der Waals surface area contributed by atoms with Crippen LogP contribution in [0.5, 0.6) is 0 Å². The van der Waals surface area contributed by atoms with Crippen molar-refractivity contribution in [2.24, 2.45) is 5.92 Å². The molecule has 4 N–H and O–H groups in total. The lowest BCUT2D eigenvalue weighted by molar-refractivity contribution is -0.142. The van der Waals surface area contributed by atoms with Crippen molar-refractivity contribution >= 4 is 23.2 Å². The van der Waals surface area contributed by atoms with Gasteiger partial charge in [0.1, 0.15) is 5.69 Å². The van der Waals surface area contributed by atoms with Gasteiger partial charge in [0.05, 0.1) is 11.6 Å². The van der Waals surface area contributed by atoms with Gasteiger partial charge < -0.3 is 25.9 Å². The molecule has 0 radical (unpaired) electrons. The minimum atomic E-state index is -0.736. The smallest absolute Gasteiger partial charge is 0.306 e. The number of aromatic nitrogens is 2. The average Bonchev–Trinajstić information content (AvgIpc) is 2.73. The van der Waals surface area contributed by atoms with Gasteiger partial charge >= 0.3 is 5.97 Å². The second kappa shape index (κ2) is 9.67. The summed E-state index contributed by atoms with van der Waals surface area (Å²) in [5.74, 6) is -0.292. The van der Waals surface area contributed by atoms with Crippen LogP contribution in [-0.2, 0) is 16.0 Å². The summed E-state index contributed by atoms with van der Waals surface area (Å²) in [6, 6.07) is 5.57. The molecule has 0 spiro atoms. The number of benzene rings is 1. The van der Waals surface area contributed by atoms with Crippen molar-refractivity contribution in [3.05, 3.63) is 35.7 Å². The summed E-state index contributed by atoms with van der Waals surface area (Å²) >= 11 is 0. The number of aliphatic carboxylic acids is 1. The molecule has 0 amide bonds. The van der Waals surface area contributed by atoms with E-state index in [1.807, 2.05) is 18.2 Å². The van der Waals surface area contributed by atoms with Crippen molar-refractivity contribution in [3.8, 4) is 11.3 Å². The molecule has 0 saturated carbocycles. The van der Waals surface area contributed by atoms with Crippen LogP contribution in [0.1, 0.15) is 37.4 Å². The molecular weight excluding hydrogens is 382 g/mol. The Hall–Kier alpha value is -3.00. The molecule has 8 nitrogen and oxygen atoms in total. The van der Waals surface area contributed by atoms with Gasteiger partial charge in [-0.3, -0.25) is 9.78 Å². The summed E-state index contributed by atoms with van der Waals surface area (Å²) < 4.78 is 5.14. The van der Waals surface area contributed by atoms with Crippen molar-refractivity contribution in [2.75, 3.05) is 37.4 Å². The van der Waals surface area contributed by atoms with Crippen LogP contribution < -0.4 is 10.6 Å². The van der Waals surface area contributed by atoms with Gasteiger partial charge in [-0.25, -0.2) is 4.98 Å². The molecule has 2 heterocycles. The minimum Gasteiger partial charge on any atom is -0.481 e. The Bertz CT molecular complexity index is 923. The number of anilines is 2. The van der Waals surface area contributed by atoms with Crippen molar-refractivity contribution in [2.45, 2.75) is 32.6 Å². The number of methoxy groups -OCH3 is 1. The number of carboxylic acid groups (broad SMARTS) is 1. The van der Waals surface area contributed by atoms with Gasteiger partial charge in [0.15, 0.2) is 5.82 Å². The molecule has 1 saturated heterocycles. The second-order valence-electron chi connectivity index (χ2n) is 7.66. The van der Waals surface area contributed by atoms with Crippen LogP contribution in [-0.4, -0.2) is 53.6 Å². The van der Waals surface area contributed by atoms with Crippen molar-refractivity contribution in [1.29, 1.82) is 5.41 Å². The first-order chi connectivity index (χ1) is 14.4. The van der Waals surface area contributed by atoms with E-state index in [-0.39, 0.29) is 5.92 Å². The number of carboxylic acids is 1. The number of rotatable bonds is 8. The molecule has 3 rings (SSSR count). The van der Waals surface area contributed by atoms with E-state index in [2.05, 4.69) is 4.90 Å². The number of nitrogens with one attached hydrogen (secondary N) is 1. The third-order valence-corrected chi connectivity index (χ3v) is 5.46. The number of nitrogen functional groups attached to an aromatic ring is 1. The van der Waals surface area contributed by atoms with Crippen molar-refractivity contribution in [1.82, 2.24) is 9.97 Å². The lowest BCUT2D eigenvalue weighted by Gasteiger charge is -2.32. The maximum Gasteiger partial charge on any atom is 0.306 e. The largest absolute Gasteiger partial charge is 0.481 e. The van der Waals surface area contributed by atoms with Gasteiger partial charge in [0.25, 0.3) is 0 Å². The van der Waals surface area contributed by atoms with Gasteiger partial charge in [-0.2, -0.15) is 0 Å². The maximum absolute atomic E-state index is 11.3. The molecule has 0 bridgehead atoms. The number of piperidine rings is 1. The van der Waals surface area contributed by atoms with Gasteiger partial charge in [-0.15, -0.1) is 0 Å². The summed E-state index contributed by atoms with van der Waals surface area (Å²) in [5, 5.41) is 17.1. The first-order valence-corrected chi connectivity index (χ1v) is 10.2. The van der Waals surface area contributed by atoms with Gasteiger partial charge in [0.2, 0.25) is 0 Å². The molecule has 1 fully saturated rings. The highest BCUT2D eigenvalue weighted by atomic mass is 16.5. The topological polar surface area (TPSA) is 125 Å². The maximum atomic E-state index is 11.3. The summed E-state index contributed by atoms with van der Waals surface area (Å²) in [7, 11) is 1.68. The Morgan fingerprint density at radius 2 is 2.10 bits per heavy atom. The monoisotopic (exact) mass is 411 g/mol. The predicted octanol–water partition coefficient (Wildman–Crippen LogP) is 2.99. The van der Waals surface area contributed by atoms with E-state index in [9.17, 15) is 9.90 Å². The highest BCUT2D eigenvalue weighted by Gasteiger charge is 2.27. The molecular formula is C22H29N5O3. The molecule has 1 aliphatic heterocycles. The molecule has 2 aromatic rings. The highest BCUT2D eigenvalue weighted by Crippen LogP contribution is 2.32. The van der Waals surface area contributed by atoms with E-state index in [0.717, 1.165) is 35.6 Å². The molecule has 1 aliphatic rings. The SMILES string of the molecule is COCCCc1cnc(-c2ccc(C(C)=N)c(N)c2)c(N2CCC(C(=O)O)CC2)n1. The molecule has 0 unspecified atom stereocenters. The fraction of sp³-hybridized carbons (Fsp3) is 0.455. The molecule has 30 heavy (non-hydrogen) atoms. The van der Waals surface area contributed by atoms with E-state index >= 15 is 0 Å². The van der Waals surface area contributed by atoms with Crippen molar-refractivity contribution < 1.29 is 14.6 Å². The van der Waals surface area contributed by atoms with E-state index in [0.29, 0.717) is 49.5 Å². The number of ether oxygens (including phenoxy) is 1. The van der Waals surface area contributed by atoms with Crippen LogP contribution in [0.15, 0.2) is 24.4 Å². The normalized spacial score (nSPS) is 14.7. The Kier molecular flexibility index (Phi) is 6.99. The predicted molar refractivity (Wildman–Crippen MR) is 117 cm³/mol. The van der Waals surface area contributed by atoms with Crippen LogP contribution in [0.3, 0.4) is 0 Å². The number of hydrogen-bond acceptors (Lipinski definition) is 7. The Morgan fingerprint density at radius 1 is 1.37 bits per heavy atom. The first kappa shape index (κ1) is 21.7. The van der Waals surface area contributed by atoms with E-state index in [1.165, 1.54) is 0 Å². The van der Waals surface area contributed by atoms with Crippen LogP contribution in [0.4, 0.5) is 11.5 Å². The first-order valence-electron chi connectivity index (χ1n) is 10.2. The van der Waals surface area contributed by atoms with Crippen molar-refractivity contribution in [3.63, 3.8) is 0 Å². The zero-order chi connectivity index (χ0) is 21.7. The Morgan fingerprint density at radius 3 is 2.70 bits per heavy atom. The van der Waals surface area contributed by atoms with Crippen LogP contribution in [0.25, 0.3) is 11.3 Å². The van der Waals surface area contributed by atoms with E-state index in [4.69, 9.17) is 25.8 Å². The lowest BCUT2D eigenvalue weighted by atomic mass is 9.96. The molecule has 8 heteroatoms. The Balaban J connectivity index is 1.95. The molecule has 0 aliphatic carbocycles. The fourth-order valence-electron chi connectivity index (χ4n) is 3.75. The third-order valence-electron chi connectivity index (χ3n) is 5.46. The number of nitrogens with two attached hydrogens (primary N) is 1. The lowest BCUT2D eigenvalue weighted by Crippen LogP contribution is -2.37. The Labute approximate surface area is 176 Å². The molecule has 1 aromatic carbocycles. The standard InChI is InChI=1S/C22H29N5O3/c1-14(23)18-6-5-16(12-19(18)24)20-21(26-17(13-25-20)4-3-11-30-2)27-9-7-15(8-10-27)22(28)29/h5-6,12-13,15,23H,3-4,7-11,24H2,1-2H3,(H,28,29). The van der Waals surface area contributed by atoms with E-state index in [1.54, 1.807) is 20.2 Å². The van der Waals surface area contributed by atoms with Crippen LogP contribution >= 0.6 is 0 Å². The molecule has 160 valence electrons. The summed E-state index contributed by atoms with van der Waals surface area (Å²) in [4.78, 5) is 23.0. The van der Waals surface area contributed by atoms with Crippen LogP contribution in [0, 0.1) is 11.3 Å². The molecule has 0 atom stereocenters. The summed E-state index contributed by atoms with van der Waals surface area (Å²) in [6.07, 6.45) is 4.56. The average molecular weight is 412 g/mol. The number of carbonyl (C=O) groups is 1. The molecule has 1 aromatic heterocycles. The van der Waals surface area contributed by atoms with Gasteiger partial charge in [-0.1, -0.05) is 12.1 Å². The summed E-state index contributed by atoms with van der Waals surface area (Å²) in [6.45, 7) is 3.60. The fourth-order valence-corrected chi connectivity index (χ4v) is 3.75. The zero-order valence-corrected chi connectivity index (χ0v) is 17.5. The third kappa shape index (κ3) is 4.94. The van der Waals surface area contributed by atoms with Gasteiger partial charge in [0, 0.05) is 55.5 Å². The van der Waals surface area contributed by atoms with Crippen LogP contribution in [0.2, 0.25) is 0 Å². The number of nitrogens with zero attached hydrogens (tertiary/aromatic N) is 3. The second-order valence-corrected chi connectivity index (χ2v) is 7.66. The number of aryl methyl sites for hydroxylation is 1. The van der Waals surface area contributed by atoms with E-state index < -0.39 is 5.97 Å². The zero-order valence-electron chi connectivity index (χ0n) is 17.5. The minimum absolute atomic E-state index is 0.312. The highest BCUT2D eigenvalue weighted by molar-refractivity contribution is 6.01. The number of hydrogen-bond donors (Lipinski definition) is 3. The van der Waals surface area contributed by atoms with Gasteiger partial charge in [-0.05, 0) is 38.7 Å². The summed E-state index contributed by atoms with van der Waals surface area (Å²) in [5.41, 5.74) is 10.3.